The van der Waals surface area contributed by atoms with Crippen molar-refractivity contribution < 1.29 is 14.4 Å². The Morgan fingerprint density at radius 1 is 1.25 bits per heavy atom. The van der Waals surface area contributed by atoms with Gasteiger partial charge in [0.15, 0.2) is 0 Å². The van der Waals surface area contributed by atoms with Crippen LogP contribution in [0.25, 0.3) is 0 Å². The summed E-state index contributed by atoms with van der Waals surface area (Å²) in [5.74, 6) is -0.758. The number of piperidine rings is 2. The molecule has 3 amide bonds. The van der Waals surface area contributed by atoms with Crippen LogP contribution in [0.15, 0.2) is 18.2 Å². The van der Waals surface area contributed by atoms with Gasteiger partial charge in [-0.15, -0.1) is 0 Å². The van der Waals surface area contributed by atoms with Gasteiger partial charge < -0.3 is 15.5 Å². The Labute approximate surface area is 165 Å². The molecule has 3 heterocycles. The van der Waals surface area contributed by atoms with E-state index in [1.165, 1.54) is 0 Å². The molecule has 2 unspecified atom stereocenters. The second-order valence-electron chi connectivity index (χ2n) is 8.77. The average Bonchev–Trinajstić information content (AvgIpc) is 2.96. The molecule has 0 spiro atoms. The van der Waals surface area contributed by atoms with Crippen LogP contribution in [-0.4, -0.2) is 47.8 Å². The summed E-state index contributed by atoms with van der Waals surface area (Å²) in [4.78, 5) is 37.9. The van der Waals surface area contributed by atoms with E-state index >= 15 is 0 Å². The molecule has 28 heavy (non-hydrogen) atoms. The highest BCUT2D eigenvalue weighted by molar-refractivity contribution is 6.05. The zero-order valence-corrected chi connectivity index (χ0v) is 16.5. The molecule has 0 aromatic heterocycles. The molecular weight excluding hydrogens is 356 g/mol. The molecule has 0 saturated carbocycles. The Kier molecular flexibility index (Phi) is 4.97. The van der Waals surface area contributed by atoms with E-state index in [1.807, 2.05) is 12.1 Å². The summed E-state index contributed by atoms with van der Waals surface area (Å²) in [5, 5.41) is 9.44. The Morgan fingerprint density at radius 3 is 2.82 bits per heavy atom. The van der Waals surface area contributed by atoms with E-state index < -0.39 is 6.04 Å². The summed E-state index contributed by atoms with van der Waals surface area (Å²) in [6, 6.07) is 5.76. The molecule has 3 N–H and O–H groups in total. The lowest BCUT2D eigenvalue weighted by Gasteiger charge is -2.39. The quantitative estimate of drug-likeness (QED) is 0.672. The van der Waals surface area contributed by atoms with Crippen molar-refractivity contribution in [2.45, 2.75) is 58.3 Å². The summed E-state index contributed by atoms with van der Waals surface area (Å²) in [7, 11) is 0. The minimum atomic E-state index is -0.562. The first-order chi connectivity index (χ1) is 13.3. The van der Waals surface area contributed by atoms with Crippen molar-refractivity contribution in [1.29, 1.82) is 0 Å². The van der Waals surface area contributed by atoms with Gasteiger partial charge >= 0.3 is 0 Å². The lowest BCUT2D eigenvalue weighted by atomic mass is 9.79. The lowest BCUT2D eigenvalue weighted by Crippen LogP contribution is -2.53. The van der Waals surface area contributed by atoms with Gasteiger partial charge in [0.25, 0.3) is 5.91 Å². The van der Waals surface area contributed by atoms with Gasteiger partial charge in [-0.1, -0.05) is 26.0 Å². The molecule has 1 aromatic rings. The molecule has 2 saturated heterocycles. The van der Waals surface area contributed by atoms with Crippen LogP contribution in [0, 0.1) is 5.41 Å². The second-order valence-corrected chi connectivity index (χ2v) is 8.77. The highest BCUT2D eigenvalue weighted by Gasteiger charge is 2.39. The molecule has 1 aromatic carbocycles. The van der Waals surface area contributed by atoms with Gasteiger partial charge in [0.1, 0.15) is 6.04 Å². The third-order valence-corrected chi connectivity index (χ3v) is 6.38. The second kappa shape index (κ2) is 7.29. The Morgan fingerprint density at radius 2 is 2.07 bits per heavy atom. The van der Waals surface area contributed by atoms with Crippen molar-refractivity contribution in [1.82, 2.24) is 20.9 Å². The van der Waals surface area contributed by atoms with Crippen LogP contribution in [0.1, 0.15) is 54.6 Å². The molecule has 3 aliphatic heterocycles. The van der Waals surface area contributed by atoms with Crippen LogP contribution in [0.2, 0.25) is 0 Å². The fraction of sp³-hybridized carbons (Fsp3) is 0.571. The fourth-order valence-electron chi connectivity index (χ4n) is 4.43. The monoisotopic (exact) mass is 384 g/mol. The number of carbonyl (C=O) groups is 3. The predicted molar refractivity (Wildman–Crippen MR) is 104 cm³/mol. The number of amides is 3. The summed E-state index contributed by atoms with van der Waals surface area (Å²) < 4.78 is 0. The molecule has 0 aliphatic carbocycles. The number of carbonyl (C=O) groups excluding carboxylic acids is 3. The van der Waals surface area contributed by atoms with Gasteiger partial charge in [-0.3, -0.25) is 19.7 Å². The molecule has 7 nitrogen and oxygen atoms in total. The van der Waals surface area contributed by atoms with Crippen LogP contribution in [0.5, 0.6) is 0 Å². The van der Waals surface area contributed by atoms with E-state index in [0.29, 0.717) is 24.6 Å². The SMILES string of the molecule is CC1(C)CCNCC1NCc1ccc2c(c1)CN(C1CCC(=O)NC1=O)C2=O. The van der Waals surface area contributed by atoms with Crippen molar-refractivity contribution in [2.24, 2.45) is 5.41 Å². The van der Waals surface area contributed by atoms with Crippen molar-refractivity contribution in [3.05, 3.63) is 34.9 Å². The average molecular weight is 384 g/mol. The number of hydrogen-bond acceptors (Lipinski definition) is 5. The topological polar surface area (TPSA) is 90.5 Å². The van der Waals surface area contributed by atoms with E-state index in [1.54, 1.807) is 4.90 Å². The van der Waals surface area contributed by atoms with Crippen LogP contribution < -0.4 is 16.0 Å². The highest BCUT2D eigenvalue weighted by atomic mass is 16.2. The van der Waals surface area contributed by atoms with Crippen molar-refractivity contribution in [3.8, 4) is 0 Å². The van der Waals surface area contributed by atoms with E-state index in [4.69, 9.17) is 0 Å². The number of hydrogen-bond donors (Lipinski definition) is 3. The molecule has 2 fully saturated rings. The van der Waals surface area contributed by atoms with Crippen LogP contribution >= 0.6 is 0 Å². The maximum atomic E-state index is 12.8. The third kappa shape index (κ3) is 3.56. The third-order valence-electron chi connectivity index (χ3n) is 6.38. The maximum Gasteiger partial charge on any atom is 0.255 e. The normalized spacial score (nSPS) is 26.9. The summed E-state index contributed by atoms with van der Waals surface area (Å²) in [6.07, 6.45) is 1.81. The molecule has 2 atom stereocenters. The lowest BCUT2D eigenvalue weighted by molar-refractivity contribution is -0.136. The van der Waals surface area contributed by atoms with E-state index in [0.717, 1.165) is 37.2 Å². The predicted octanol–water partition coefficient (Wildman–Crippen LogP) is 0.925. The molecule has 3 aliphatic rings. The molecule has 150 valence electrons. The van der Waals surface area contributed by atoms with Gasteiger partial charge in [-0.05, 0) is 42.0 Å². The number of benzene rings is 1. The van der Waals surface area contributed by atoms with Crippen LogP contribution in [0.4, 0.5) is 0 Å². The molecule has 0 radical (unpaired) electrons. The number of nitrogens with zero attached hydrogens (tertiary/aromatic N) is 1. The van der Waals surface area contributed by atoms with Crippen LogP contribution in [0.3, 0.4) is 0 Å². The van der Waals surface area contributed by atoms with Gasteiger partial charge in [0, 0.05) is 37.7 Å². The number of imide groups is 1. The van der Waals surface area contributed by atoms with Gasteiger partial charge in [-0.25, -0.2) is 0 Å². The first-order valence-electron chi connectivity index (χ1n) is 10.1. The minimum Gasteiger partial charge on any atom is -0.322 e. The smallest absolute Gasteiger partial charge is 0.255 e. The fourth-order valence-corrected chi connectivity index (χ4v) is 4.43. The summed E-state index contributed by atoms with van der Waals surface area (Å²) >= 11 is 0. The standard InChI is InChI=1S/C21H28N4O3/c1-21(2)7-8-22-11-17(21)23-10-13-3-4-15-14(9-13)12-25(20(15)28)16-5-6-18(26)24-19(16)27/h3-4,9,16-17,22-23H,5-8,10-12H2,1-2H3,(H,24,26,27). The van der Waals surface area contributed by atoms with Crippen molar-refractivity contribution in [2.75, 3.05) is 13.1 Å². The Hall–Kier alpha value is -2.25. The summed E-state index contributed by atoms with van der Waals surface area (Å²) in [5.41, 5.74) is 3.00. The molecule has 7 heteroatoms. The number of rotatable bonds is 4. The van der Waals surface area contributed by atoms with Crippen LogP contribution in [-0.2, 0) is 22.7 Å². The maximum absolute atomic E-state index is 12.8. The van der Waals surface area contributed by atoms with E-state index in [-0.39, 0.29) is 29.6 Å². The highest BCUT2D eigenvalue weighted by Crippen LogP contribution is 2.29. The zero-order valence-electron chi connectivity index (χ0n) is 16.5. The zero-order chi connectivity index (χ0) is 19.9. The Balaban J connectivity index is 1.44. The van der Waals surface area contributed by atoms with Crippen molar-refractivity contribution >= 4 is 17.7 Å². The van der Waals surface area contributed by atoms with Gasteiger partial charge in [-0.2, -0.15) is 0 Å². The van der Waals surface area contributed by atoms with Crippen molar-refractivity contribution in [3.63, 3.8) is 0 Å². The van der Waals surface area contributed by atoms with Gasteiger partial charge in [0.2, 0.25) is 11.8 Å². The molecule has 4 rings (SSSR count). The van der Waals surface area contributed by atoms with E-state index in [2.05, 4.69) is 35.9 Å². The molecular formula is C21H28N4O3. The summed E-state index contributed by atoms with van der Waals surface area (Å²) in [6.45, 7) is 7.78. The first kappa shape index (κ1) is 19.1. The first-order valence-corrected chi connectivity index (χ1v) is 10.1. The Bertz CT molecular complexity index is 820. The largest absolute Gasteiger partial charge is 0.322 e. The molecule has 0 bridgehead atoms. The van der Waals surface area contributed by atoms with Gasteiger partial charge in [0.05, 0.1) is 0 Å². The number of fused-ring (bicyclic) bond motifs is 1. The number of nitrogens with one attached hydrogen (secondary N) is 3. The van der Waals surface area contributed by atoms with E-state index in [9.17, 15) is 14.4 Å². The minimum absolute atomic E-state index is 0.123.